The van der Waals surface area contributed by atoms with Crippen LogP contribution < -0.4 is 11.1 Å². The summed E-state index contributed by atoms with van der Waals surface area (Å²) in [5, 5.41) is 3.06. The van der Waals surface area contributed by atoms with Crippen LogP contribution in [0.4, 0.5) is 5.69 Å². The summed E-state index contributed by atoms with van der Waals surface area (Å²) in [7, 11) is 0. The van der Waals surface area contributed by atoms with E-state index in [0.29, 0.717) is 6.42 Å². The maximum Gasteiger partial charge on any atom is 0.239 e. The van der Waals surface area contributed by atoms with E-state index < -0.39 is 0 Å². The van der Waals surface area contributed by atoms with E-state index in [9.17, 15) is 4.79 Å². The van der Waals surface area contributed by atoms with Crippen molar-refractivity contribution in [1.82, 2.24) is 0 Å². The molecule has 0 spiro atoms. The second-order valence-corrected chi connectivity index (χ2v) is 3.93. The van der Waals surface area contributed by atoms with Crippen molar-refractivity contribution in [3.05, 3.63) is 28.7 Å². The van der Waals surface area contributed by atoms with Gasteiger partial charge in [0.25, 0.3) is 0 Å². The summed E-state index contributed by atoms with van der Waals surface area (Å²) in [6.07, 6.45) is 0.682. The van der Waals surface area contributed by atoms with Crippen LogP contribution in [0.1, 0.15) is 13.3 Å². The predicted octanol–water partition coefficient (Wildman–Crippen LogP) is 2.12. The Labute approximate surface area is 91.8 Å². The Kier molecular flexibility index (Phi) is 3.95. The molecule has 0 aliphatic rings. The SMILES string of the molecule is CCC(Nc1cccc(Br)c1)C(N)=O. The number of hydrogen-bond donors (Lipinski definition) is 2. The summed E-state index contributed by atoms with van der Waals surface area (Å²) in [5.41, 5.74) is 6.11. The first-order valence-corrected chi connectivity index (χ1v) is 5.24. The minimum absolute atomic E-state index is 0.302. The van der Waals surface area contributed by atoms with Gasteiger partial charge in [0.15, 0.2) is 0 Å². The summed E-state index contributed by atoms with van der Waals surface area (Å²) in [6, 6.07) is 7.34. The number of halogens is 1. The standard InChI is InChI=1S/C10H13BrN2O/c1-2-9(10(12)14)13-8-5-3-4-7(11)6-8/h3-6,9,13H,2H2,1H3,(H2,12,14). The molecule has 0 fully saturated rings. The van der Waals surface area contributed by atoms with Gasteiger partial charge in [-0.05, 0) is 24.6 Å². The summed E-state index contributed by atoms with van der Waals surface area (Å²) in [5.74, 6) is -0.326. The van der Waals surface area contributed by atoms with Gasteiger partial charge in [-0.1, -0.05) is 28.9 Å². The fraction of sp³-hybridized carbons (Fsp3) is 0.300. The summed E-state index contributed by atoms with van der Waals surface area (Å²) >= 11 is 3.35. The zero-order chi connectivity index (χ0) is 10.6. The van der Waals surface area contributed by atoms with E-state index in [1.807, 2.05) is 31.2 Å². The molecule has 1 amide bonds. The Morgan fingerprint density at radius 3 is 2.86 bits per heavy atom. The van der Waals surface area contributed by atoms with Crippen molar-refractivity contribution >= 4 is 27.5 Å². The van der Waals surface area contributed by atoms with Gasteiger partial charge in [-0.25, -0.2) is 0 Å². The lowest BCUT2D eigenvalue weighted by Crippen LogP contribution is -2.34. The first kappa shape index (κ1) is 11.0. The van der Waals surface area contributed by atoms with Crippen LogP contribution in [0.2, 0.25) is 0 Å². The third-order valence-electron chi connectivity index (χ3n) is 1.92. The number of primary amides is 1. The van der Waals surface area contributed by atoms with Crippen LogP contribution in [-0.2, 0) is 4.79 Å². The lowest BCUT2D eigenvalue weighted by Gasteiger charge is -2.14. The van der Waals surface area contributed by atoms with Crippen LogP contribution in [0.15, 0.2) is 28.7 Å². The van der Waals surface area contributed by atoms with Crippen molar-refractivity contribution in [3.63, 3.8) is 0 Å². The smallest absolute Gasteiger partial charge is 0.239 e. The zero-order valence-corrected chi connectivity index (χ0v) is 9.54. The maximum absolute atomic E-state index is 11.0. The minimum atomic E-state index is -0.326. The highest BCUT2D eigenvalue weighted by Gasteiger charge is 2.11. The van der Waals surface area contributed by atoms with Crippen LogP contribution in [0.5, 0.6) is 0 Å². The third kappa shape index (κ3) is 3.03. The van der Waals surface area contributed by atoms with Crippen molar-refractivity contribution in [2.75, 3.05) is 5.32 Å². The van der Waals surface area contributed by atoms with E-state index in [4.69, 9.17) is 5.73 Å². The highest BCUT2D eigenvalue weighted by atomic mass is 79.9. The van der Waals surface area contributed by atoms with E-state index in [1.54, 1.807) is 0 Å². The molecule has 0 radical (unpaired) electrons. The van der Waals surface area contributed by atoms with Crippen LogP contribution in [0, 0.1) is 0 Å². The molecule has 0 saturated heterocycles. The third-order valence-corrected chi connectivity index (χ3v) is 2.41. The lowest BCUT2D eigenvalue weighted by molar-refractivity contribution is -0.118. The normalized spacial score (nSPS) is 12.1. The number of nitrogens with two attached hydrogens (primary N) is 1. The van der Waals surface area contributed by atoms with E-state index in [0.717, 1.165) is 10.2 Å². The minimum Gasteiger partial charge on any atom is -0.374 e. The van der Waals surface area contributed by atoms with Crippen molar-refractivity contribution in [2.24, 2.45) is 5.73 Å². The first-order chi connectivity index (χ1) is 6.63. The molecule has 1 aromatic carbocycles. The number of hydrogen-bond acceptors (Lipinski definition) is 2. The Bertz CT molecular complexity index is 328. The number of rotatable bonds is 4. The number of carbonyl (C=O) groups excluding carboxylic acids is 1. The van der Waals surface area contributed by atoms with Gasteiger partial charge in [0, 0.05) is 10.2 Å². The molecule has 4 heteroatoms. The van der Waals surface area contributed by atoms with Crippen LogP contribution in [-0.4, -0.2) is 11.9 Å². The molecule has 1 aromatic rings. The van der Waals surface area contributed by atoms with Gasteiger partial charge in [0.05, 0.1) is 0 Å². The van der Waals surface area contributed by atoms with Gasteiger partial charge in [-0.3, -0.25) is 4.79 Å². The van der Waals surface area contributed by atoms with Crippen LogP contribution in [0.3, 0.4) is 0 Å². The number of nitrogens with one attached hydrogen (secondary N) is 1. The monoisotopic (exact) mass is 256 g/mol. The average molecular weight is 257 g/mol. The van der Waals surface area contributed by atoms with Gasteiger partial charge in [-0.15, -0.1) is 0 Å². The fourth-order valence-corrected chi connectivity index (χ4v) is 1.55. The quantitative estimate of drug-likeness (QED) is 0.868. The Morgan fingerprint density at radius 2 is 2.36 bits per heavy atom. The molecular formula is C10H13BrN2O. The molecule has 0 aliphatic carbocycles. The molecule has 14 heavy (non-hydrogen) atoms. The second-order valence-electron chi connectivity index (χ2n) is 3.02. The average Bonchev–Trinajstić information content (AvgIpc) is 2.14. The van der Waals surface area contributed by atoms with Crippen molar-refractivity contribution in [2.45, 2.75) is 19.4 Å². The Hall–Kier alpha value is -1.03. The topological polar surface area (TPSA) is 55.1 Å². The highest BCUT2D eigenvalue weighted by Crippen LogP contribution is 2.16. The fourth-order valence-electron chi connectivity index (χ4n) is 1.15. The van der Waals surface area contributed by atoms with Gasteiger partial charge in [-0.2, -0.15) is 0 Å². The number of anilines is 1. The van der Waals surface area contributed by atoms with E-state index in [2.05, 4.69) is 21.2 Å². The number of carbonyl (C=O) groups is 1. The molecule has 0 aliphatic heterocycles. The largest absolute Gasteiger partial charge is 0.374 e. The molecule has 3 nitrogen and oxygen atoms in total. The summed E-state index contributed by atoms with van der Waals surface area (Å²) < 4.78 is 0.974. The lowest BCUT2D eigenvalue weighted by atomic mass is 10.2. The van der Waals surface area contributed by atoms with E-state index in [1.165, 1.54) is 0 Å². The molecule has 3 N–H and O–H groups in total. The van der Waals surface area contributed by atoms with Crippen LogP contribution >= 0.6 is 15.9 Å². The summed E-state index contributed by atoms with van der Waals surface area (Å²) in [4.78, 5) is 11.0. The maximum atomic E-state index is 11.0. The number of benzene rings is 1. The second kappa shape index (κ2) is 5.00. The molecule has 0 heterocycles. The van der Waals surface area contributed by atoms with Crippen molar-refractivity contribution in [3.8, 4) is 0 Å². The molecule has 1 unspecified atom stereocenters. The van der Waals surface area contributed by atoms with Gasteiger partial charge >= 0.3 is 0 Å². The van der Waals surface area contributed by atoms with Crippen LogP contribution in [0.25, 0.3) is 0 Å². The molecule has 0 aromatic heterocycles. The van der Waals surface area contributed by atoms with Gasteiger partial charge in [0.1, 0.15) is 6.04 Å². The molecule has 0 bridgehead atoms. The molecule has 1 atom stereocenters. The zero-order valence-electron chi connectivity index (χ0n) is 7.96. The highest BCUT2D eigenvalue weighted by molar-refractivity contribution is 9.10. The Morgan fingerprint density at radius 1 is 1.64 bits per heavy atom. The molecule has 1 rings (SSSR count). The summed E-state index contributed by atoms with van der Waals surface area (Å²) in [6.45, 7) is 1.92. The molecular weight excluding hydrogens is 244 g/mol. The van der Waals surface area contributed by atoms with Crippen molar-refractivity contribution < 1.29 is 4.79 Å². The van der Waals surface area contributed by atoms with Gasteiger partial charge < -0.3 is 11.1 Å². The molecule has 76 valence electrons. The van der Waals surface area contributed by atoms with Crippen molar-refractivity contribution in [1.29, 1.82) is 0 Å². The first-order valence-electron chi connectivity index (χ1n) is 4.45. The number of amides is 1. The van der Waals surface area contributed by atoms with Gasteiger partial charge in [0.2, 0.25) is 5.91 Å². The predicted molar refractivity (Wildman–Crippen MR) is 61.0 cm³/mol. The molecule has 0 saturated carbocycles. The Balaban J connectivity index is 2.72. The van der Waals surface area contributed by atoms with E-state index >= 15 is 0 Å². The van der Waals surface area contributed by atoms with E-state index in [-0.39, 0.29) is 11.9 Å².